The van der Waals surface area contributed by atoms with Crippen molar-refractivity contribution in [1.82, 2.24) is 0 Å². The van der Waals surface area contributed by atoms with Crippen LogP contribution in [-0.2, 0) is 12.6 Å². The third-order valence-corrected chi connectivity index (χ3v) is 5.96. The van der Waals surface area contributed by atoms with Crippen molar-refractivity contribution in [3.8, 4) is 22.3 Å². The zero-order valence-corrected chi connectivity index (χ0v) is 18.4. The molecule has 0 saturated carbocycles. The Morgan fingerprint density at radius 3 is 1.97 bits per heavy atom. The summed E-state index contributed by atoms with van der Waals surface area (Å²) in [6.45, 7) is 2.16. The number of fused-ring (bicyclic) bond motifs is 1. The van der Waals surface area contributed by atoms with Crippen LogP contribution in [0.3, 0.4) is 0 Å². The van der Waals surface area contributed by atoms with E-state index in [0.717, 1.165) is 42.0 Å². The summed E-state index contributed by atoms with van der Waals surface area (Å²) >= 11 is 0. The molecular formula is C28H22F6. The van der Waals surface area contributed by atoms with E-state index in [9.17, 15) is 26.3 Å². The quantitative estimate of drug-likeness (QED) is 0.194. The van der Waals surface area contributed by atoms with Crippen LogP contribution in [0.25, 0.3) is 33.0 Å². The monoisotopic (exact) mass is 472 g/mol. The number of rotatable bonds is 6. The Morgan fingerprint density at radius 1 is 0.676 bits per heavy atom. The Morgan fingerprint density at radius 2 is 1.32 bits per heavy atom. The van der Waals surface area contributed by atoms with E-state index in [2.05, 4.69) is 13.0 Å². The van der Waals surface area contributed by atoms with Gasteiger partial charge in [0.15, 0.2) is 0 Å². The number of unbranched alkanes of at least 4 members (excludes halogenated alkanes) is 2. The highest BCUT2D eigenvalue weighted by Gasteiger charge is 2.38. The second kappa shape index (κ2) is 9.53. The lowest BCUT2D eigenvalue weighted by Gasteiger charge is -2.13. The standard InChI is InChI=1S/C28H22F6/c1-2-3-4-6-17-7-5-8-20-13-18(9-11-22(17)20)19-10-12-23(24(29)14-19)21-15-25(30)27(26(31)16-21)28(32,33)34/h5,7-16H,2-4,6H2,1H3. The van der Waals surface area contributed by atoms with E-state index in [1.54, 1.807) is 6.07 Å². The SMILES string of the molecule is CCCCCc1cccc2cc(-c3ccc(-c4cc(F)c(C(F)(F)F)c(F)c4)c(F)c3)ccc12. The Balaban J connectivity index is 1.67. The number of alkyl halides is 3. The van der Waals surface area contributed by atoms with Crippen molar-refractivity contribution >= 4 is 10.8 Å². The Bertz CT molecular complexity index is 1310. The Labute approximate surface area is 193 Å². The maximum Gasteiger partial charge on any atom is 0.422 e. The van der Waals surface area contributed by atoms with Gasteiger partial charge in [-0.2, -0.15) is 13.2 Å². The van der Waals surface area contributed by atoms with Gasteiger partial charge in [0.2, 0.25) is 0 Å². The van der Waals surface area contributed by atoms with Crippen LogP contribution in [0.1, 0.15) is 37.3 Å². The minimum Gasteiger partial charge on any atom is -0.206 e. The summed E-state index contributed by atoms with van der Waals surface area (Å²) in [6, 6.07) is 17.0. The van der Waals surface area contributed by atoms with Gasteiger partial charge in [-0.3, -0.25) is 0 Å². The molecule has 176 valence electrons. The molecule has 0 aliphatic rings. The lowest BCUT2D eigenvalue weighted by molar-refractivity contribution is -0.142. The molecule has 0 aromatic heterocycles. The largest absolute Gasteiger partial charge is 0.422 e. The van der Waals surface area contributed by atoms with Crippen LogP contribution in [0.2, 0.25) is 0 Å². The highest BCUT2D eigenvalue weighted by atomic mass is 19.4. The van der Waals surface area contributed by atoms with E-state index >= 15 is 0 Å². The Kier molecular flexibility index (Phi) is 6.69. The molecule has 6 heteroatoms. The van der Waals surface area contributed by atoms with Crippen molar-refractivity contribution in [2.24, 2.45) is 0 Å². The van der Waals surface area contributed by atoms with E-state index in [0.29, 0.717) is 17.7 Å². The molecule has 34 heavy (non-hydrogen) atoms. The lowest BCUT2D eigenvalue weighted by atomic mass is 9.94. The average molecular weight is 472 g/mol. The van der Waals surface area contributed by atoms with Gasteiger partial charge < -0.3 is 0 Å². The van der Waals surface area contributed by atoms with Crippen LogP contribution in [0.5, 0.6) is 0 Å². The van der Waals surface area contributed by atoms with Crippen molar-refractivity contribution in [3.05, 3.63) is 95.3 Å². The minimum absolute atomic E-state index is 0.186. The van der Waals surface area contributed by atoms with Crippen LogP contribution in [0.4, 0.5) is 26.3 Å². The number of aryl methyl sites for hydroxylation is 1. The van der Waals surface area contributed by atoms with Crippen molar-refractivity contribution in [1.29, 1.82) is 0 Å². The molecule has 0 N–H and O–H groups in total. The van der Waals surface area contributed by atoms with Gasteiger partial charge in [0.25, 0.3) is 0 Å². The first-order valence-corrected chi connectivity index (χ1v) is 11.1. The van der Waals surface area contributed by atoms with Gasteiger partial charge in [0.1, 0.15) is 23.0 Å². The van der Waals surface area contributed by atoms with Crippen LogP contribution in [0.15, 0.2) is 66.7 Å². The van der Waals surface area contributed by atoms with Gasteiger partial charge in [-0.25, -0.2) is 13.2 Å². The van der Waals surface area contributed by atoms with Crippen molar-refractivity contribution in [2.75, 3.05) is 0 Å². The van der Waals surface area contributed by atoms with Gasteiger partial charge in [-0.1, -0.05) is 62.2 Å². The van der Waals surface area contributed by atoms with E-state index in [-0.39, 0.29) is 11.1 Å². The van der Waals surface area contributed by atoms with E-state index < -0.39 is 29.2 Å². The number of benzene rings is 4. The molecule has 0 nitrogen and oxygen atoms in total. The minimum atomic E-state index is -5.18. The first kappa shape index (κ1) is 23.9. The molecule has 0 fully saturated rings. The molecule has 0 atom stereocenters. The van der Waals surface area contributed by atoms with Crippen molar-refractivity contribution in [2.45, 2.75) is 38.8 Å². The van der Waals surface area contributed by atoms with Crippen molar-refractivity contribution in [3.63, 3.8) is 0 Å². The number of hydrogen-bond donors (Lipinski definition) is 0. The normalized spacial score (nSPS) is 11.9. The van der Waals surface area contributed by atoms with E-state index in [1.807, 2.05) is 30.3 Å². The van der Waals surface area contributed by atoms with Gasteiger partial charge >= 0.3 is 6.18 Å². The van der Waals surface area contributed by atoms with Crippen LogP contribution in [-0.4, -0.2) is 0 Å². The predicted molar refractivity (Wildman–Crippen MR) is 123 cm³/mol. The molecule has 0 unspecified atom stereocenters. The zero-order chi connectivity index (χ0) is 24.5. The molecule has 0 bridgehead atoms. The topological polar surface area (TPSA) is 0 Å². The molecule has 0 spiro atoms. The molecule has 0 heterocycles. The number of hydrogen-bond acceptors (Lipinski definition) is 0. The molecule has 0 amide bonds. The molecule has 0 saturated heterocycles. The molecule has 0 radical (unpaired) electrons. The van der Waals surface area contributed by atoms with Crippen molar-refractivity contribution < 1.29 is 26.3 Å². The van der Waals surface area contributed by atoms with Gasteiger partial charge in [0.05, 0.1) is 0 Å². The van der Waals surface area contributed by atoms with Gasteiger partial charge in [-0.15, -0.1) is 0 Å². The smallest absolute Gasteiger partial charge is 0.206 e. The third-order valence-electron chi connectivity index (χ3n) is 5.96. The van der Waals surface area contributed by atoms with Gasteiger partial charge in [-0.05, 0) is 70.1 Å². The van der Waals surface area contributed by atoms with E-state index in [4.69, 9.17) is 0 Å². The van der Waals surface area contributed by atoms with Crippen LogP contribution in [0, 0.1) is 17.5 Å². The predicted octanol–water partition coefficient (Wildman–Crippen LogP) is 9.34. The highest BCUT2D eigenvalue weighted by Crippen LogP contribution is 2.37. The summed E-state index contributed by atoms with van der Waals surface area (Å²) in [5.41, 5.74) is 0.0845. The second-order valence-electron chi connectivity index (χ2n) is 8.32. The molecule has 4 aromatic carbocycles. The van der Waals surface area contributed by atoms with Gasteiger partial charge in [0, 0.05) is 5.56 Å². The first-order valence-electron chi connectivity index (χ1n) is 11.1. The molecular weight excluding hydrogens is 450 g/mol. The fourth-order valence-electron chi connectivity index (χ4n) is 4.24. The summed E-state index contributed by atoms with van der Waals surface area (Å²) in [6.07, 6.45) is -0.792. The molecule has 0 aliphatic carbocycles. The third kappa shape index (κ3) is 4.81. The maximum absolute atomic E-state index is 14.9. The first-order chi connectivity index (χ1) is 16.2. The number of halogens is 6. The lowest BCUT2D eigenvalue weighted by Crippen LogP contribution is -2.11. The average Bonchev–Trinajstić information content (AvgIpc) is 2.77. The van der Waals surface area contributed by atoms with E-state index in [1.165, 1.54) is 17.7 Å². The highest BCUT2D eigenvalue weighted by molar-refractivity contribution is 5.90. The second-order valence-corrected chi connectivity index (χ2v) is 8.32. The summed E-state index contributed by atoms with van der Waals surface area (Å²) in [5, 5.41) is 2.15. The fraction of sp³-hybridized carbons (Fsp3) is 0.214. The summed E-state index contributed by atoms with van der Waals surface area (Å²) in [5.74, 6) is -4.35. The molecule has 4 rings (SSSR count). The summed E-state index contributed by atoms with van der Waals surface area (Å²) in [7, 11) is 0. The molecule has 4 aromatic rings. The van der Waals surface area contributed by atoms with Crippen LogP contribution < -0.4 is 0 Å². The fourth-order valence-corrected chi connectivity index (χ4v) is 4.24. The maximum atomic E-state index is 14.9. The summed E-state index contributed by atoms with van der Waals surface area (Å²) in [4.78, 5) is 0. The zero-order valence-electron chi connectivity index (χ0n) is 18.4. The molecule has 0 aliphatic heterocycles. The summed E-state index contributed by atoms with van der Waals surface area (Å²) < 4.78 is 81.3. The Hall–Kier alpha value is -3.28. The van der Waals surface area contributed by atoms with Crippen LogP contribution >= 0.6 is 0 Å².